The molecular formula is C16H15FN2OS. The zero-order valence-electron chi connectivity index (χ0n) is 11.5. The molecule has 0 aliphatic rings. The van der Waals surface area contributed by atoms with Gasteiger partial charge in [-0.2, -0.15) is 0 Å². The van der Waals surface area contributed by atoms with Crippen molar-refractivity contribution in [2.24, 2.45) is 0 Å². The van der Waals surface area contributed by atoms with E-state index in [0.29, 0.717) is 6.54 Å². The van der Waals surface area contributed by atoms with Crippen molar-refractivity contribution < 1.29 is 9.50 Å². The van der Waals surface area contributed by atoms with Crippen LogP contribution in [-0.4, -0.2) is 22.8 Å². The van der Waals surface area contributed by atoms with Gasteiger partial charge in [0.1, 0.15) is 16.9 Å². The van der Waals surface area contributed by atoms with E-state index >= 15 is 0 Å². The first-order valence-corrected chi connectivity index (χ1v) is 7.51. The van der Waals surface area contributed by atoms with E-state index in [1.807, 2.05) is 30.3 Å². The smallest absolute Gasteiger partial charge is 0.124 e. The van der Waals surface area contributed by atoms with Gasteiger partial charge in [0.15, 0.2) is 0 Å². The minimum atomic E-state index is -0.874. The molecule has 2 aromatic carbocycles. The monoisotopic (exact) mass is 302 g/mol. The quantitative estimate of drug-likeness (QED) is 0.749. The van der Waals surface area contributed by atoms with E-state index in [2.05, 4.69) is 10.3 Å². The van der Waals surface area contributed by atoms with Crippen LogP contribution < -0.4 is 5.32 Å². The number of fused-ring (bicyclic) bond motifs is 1. The fraction of sp³-hybridized carbons (Fsp3) is 0.188. The Hall–Kier alpha value is -2.14. The third-order valence-electron chi connectivity index (χ3n) is 3.09. The number of alkyl halides is 1. The average molecular weight is 302 g/mol. The van der Waals surface area contributed by atoms with Gasteiger partial charge in [-0.25, -0.2) is 9.37 Å². The molecule has 5 heteroatoms. The summed E-state index contributed by atoms with van der Waals surface area (Å²) in [6.07, 6.45) is -0.874. The van der Waals surface area contributed by atoms with E-state index in [-0.39, 0.29) is 5.75 Å². The van der Waals surface area contributed by atoms with Crippen molar-refractivity contribution in [3.05, 3.63) is 42.5 Å². The number of hydrogen-bond acceptors (Lipinski definition) is 4. The van der Waals surface area contributed by atoms with Crippen LogP contribution in [0.4, 0.5) is 10.1 Å². The lowest BCUT2D eigenvalue weighted by Gasteiger charge is -2.07. The van der Waals surface area contributed by atoms with Gasteiger partial charge in [-0.15, -0.1) is 11.3 Å². The van der Waals surface area contributed by atoms with Crippen LogP contribution in [0.2, 0.25) is 0 Å². The van der Waals surface area contributed by atoms with Gasteiger partial charge >= 0.3 is 0 Å². The third-order valence-corrected chi connectivity index (χ3v) is 4.16. The maximum absolute atomic E-state index is 12.8. The molecule has 0 bridgehead atoms. The number of nitrogens with one attached hydrogen (secondary N) is 1. The first-order valence-electron chi connectivity index (χ1n) is 6.70. The first kappa shape index (κ1) is 13.8. The number of nitrogens with zero attached hydrogens (tertiary/aromatic N) is 1. The summed E-state index contributed by atoms with van der Waals surface area (Å²) in [5.74, 6) is 0.248. The van der Waals surface area contributed by atoms with Crippen LogP contribution in [0.3, 0.4) is 0 Å². The lowest BCUT2D eigenvalue weighted by atomic mass is 10.2. The van der Waals surface area contributed by atoms with Crippen molar-refractivity contribution in [3.63, 3.8) is 0 Å². The molecule has 1 atom stereocenters. The predicted molar refractivity (Wildman–Crippen MR) is 85.8 cm³/mol. The Balaban J connectivity index is 1.85. The molecule has 0 aliphatic carbocycles. The Kier molecular flexibility index (Phi) is 3.75. The highest BCUT2D eigenvalue weighted by Gasteiger charge is 2.07. The maximum Gasteiger partial charge on any atom is 0.124 e. The molecule has 1 aromatic heterocycles. The highest BCUT2D eigenvalue weighted by Crippen LogP contribution is 2.32. The second kappa shape index (κ2) is 5.69. The van der Waals surface area contributed by atoms with Gasteiger partial charge in [0.2, 0.25) is 0 Å². The molecule has 0 fully saturated rings. The summed E-state index contributed by atoms with van der Waals surface area (Å²) in [4.78, 5) is 4.55. The van der Waals surface area contributed by atoms with Crippen molar-refractivity contribution in [2.75, 3.05) is 11.9 Å². The van der Waals surface area contributed by atoms with Crippen LogP contribution in [0, 0.1) is 0 Å². The zero-order chi connectivity index (χ0) is 14.8. The molecule has 2 N–H and O–H groups in total. The fourth-order valence-corrected chi connectivity index (χ4v) is 3.03. The minimum absolute atomic E-state index is 0.248. The van der Waals surface area contributed by atoms with Crippen molar-refractivity contribution in [2.45, 2.75) is 13.1 Å². The molecule has 0 amide bonds. The Bertz CT molecular complexity index is 753. The predicted octanol–water partition coefficient (Wildman–Crippen LogP) is 4.44. The number of aromatic hydroxyl groups is 1. The molecule has 1 heterocycles. The normalized spacial score (nSPS) is 12.5. The number of thiazole rings is 1. The van der Waals surface area contributed by atoms with Gasteiger partial charge < -0.3 is 10.4 Å². The van der Waals surface area contributed by atoms with Crippen molar-refractivity contribution in [1.82, 2.24) is 4.98 Å². The Morgan fingerprint density at radius 3 is 2.71 bits per heavy atom. The second-order valence-electron chi connectivity index (χ2n) is 4.91. The number of halogens is 1. The Labute approximate surface area is 126 Å². The number of aromatic nitrogens is 1. The van der Waals surface area contributed by atoms with Gasteiger partial charge in [0, 0.05) is 17.8 Å². The van der Waals surface area contributed by atoms with E-state index in [1.54, 1.807) is 12.1 Å². The largest absolute Gasteiger partial charge is 0.508 e. The molecule has 0 spiro atoms. The van der Waals surface area contributed by atoms with Crippen LogP contribution >= 0.6 is 11.3 Å². The zero-order valence-corrected chi connectivity index (χ0v) is 12.3. The first-order chi connectivity index (χ1) is 10.1. The molecule has 21 heavy (non-hydrogen) atoms. The van der Waals surface area contributed by atoms with Crippen LogP contribution in [0.25, 0.3) is 20.8 Å². The highest BCUT2D eigenvalue weighted by molar-refractivity contribution is 7.21. The molecular weight excluding hydrogens is 287 g/mol. The van der Waals surface area contributed by atoms with Gasteiger partial charge in [0.25, 0.3) is 0 Å². The number of rotatable bonds is 4. The van der Waals surface area contributed by atoms with E-state index in [0.717, 1.165) is 26.5 Å². The standard InChI is InChI=1S/C16H15FN2OS/c1-10(17)9-18-12-4-2-11(3-5-12)16-19-14-7-6-13(20)8-15(14)21-16/h2-8,10,18,20H,9H2,1H3. The molecule has 3 aromatic rings. The molecule has 108 valence electrons. The highest BCUT2D eigenvalue weighted by atomic mass is 32.1. The summed E-state index contributed by atoms with van der Waals surface area (Å²) in [6.45, 7) is 1.83. The average Bonchev–Trinajstić information content (AvgIpc) is 2.88. The number of hydrogen-bond donors (Lipinski definition) is 2. The number of benzene rings is 2. The summed E-state index contributed by atoms with van der Waals surface area (Å²) in [7, 11) is 0. The topological polar surface area (TPSA) is 45.2 Å². The summed E-state index contributed by atoms with van der Waals surface area (Å²) < 4.78 is 13.7. The maximum atomic E-state index is 12.8. The fourth-order valence-electron chi connectivity index (χ4n) is 2.03. The summed E-state index contributed by atoms with van der Waals surface area (Å²) in [5, 5.41) is 13.4. The molecule has 0 saturated carbocycles. The lowest BCUT2D eigenvalue weighted by Crippen LogP contribution is -2.10. The minimum Gasteiger partial charge on any atom is -0.508 e. The summed E-state index contributed by atoms with van der Waals surface area (Å²) >= 11 is 1.54. The van der Waals surface area contributed by atoms with E-state index in [4.69, 9.17) is 0 Å². The molecule has 3 rings (SSSR count). The Morgan fingerprint density at radius 2 is 2.00 bits per heavy atom. The summed E-state index contributed by atoms with van der Waals surface area (Å²) in [5.41, 5.74) is 2.78. The van der Waals surface area contributed by atoms with Crippen molar-refractivity contribution >= 4 is 27.2 Å². The van der Waals surface area contributed by atoms with Crippen LogP contribution in [0.1, 0.15) is 6.92 Å². The van der Waals surface area contributed by atoms with Crippen LogP contribution in [0.15, 0.2) is 42.5 Å². The SMILES string of the molecule is CC(F)CNc1ccc(-c2nc3ccc(O)cc3s2)cc1. The lowest BCUT2D eigenvalue weighted by molar-refractivity contribution is 0.378. The molecule has 0 aliphatic heterocycles. The van der Waals surface area contributed by atoms with Crippen molar-refractivity contribution in [3.8, 4) is 16.3 Å². The van der Waals surface area contributed by atoms with Gasteiger partial charge in [-0.05, 0) is 49.4 Å². The van der Waals surface area contributed by atoms with E-state index in [9.17, 15) is 9.50 Å². The van der Waals surface area contributed by atoms with Crippen LogP contribution in [-0.2, 0) is 0 Å². The van der Waals surface area contributed by atoms with Gasteiger partial charge in [-0.3, -0.25) is 0 Å². The van der Waals surface area contributed by atoms with Gasteiger partial charge in [-0.1, -0.05) is 0 Å². The molecule has 3 nitrogen and oxygen atoms in total. The van der Waals surface area contributed by atoms with E-state index in [1.165, 1.54) is 18.3 Å². The second-order valence-corrected chi connectivity index (χ2v) is 5.94. The Morgan fingerprint density at radius 1 is 1.24 bits per heavy atom. The number of anilines is 1. The third kappa shape index (κ3) is 3.13. The van der Waals surface area contributed by atoms with E-state index < -0.39 is 6.17 Å². The van der Waals surface area contributed by atoms with Crippen molar-refractivity contribution in [1.29, 1.82) is 0 Å². The molecule has 0 radical (unpaired) electrons. The number of phenolic OH excluding ortho intramolecular Hbond substituents is 1. The van der Waals surface area contributed by atoms with Crippen LogP contribution in [0.5, 0.6) is 5.75 Å². The summed E-state index contributed by atoms with van der Waals surface area (Å²) in [6, 6.07) is 12.9. The molecule has 1 unspecified atom stereocenters. The van der Waals surface area contributed by atoms with Gasteiger partial charge in [0.05, 0.1) is 10.2 Å². The molecule has 0 saturated heterocycles. The number of phenols is 1.